The lowest BCUT2D eigenvalue weighted by molar-refractivity contribution is 0.242. The second-order valence-electron chi connectivity index (χ2n) is 5.28. The van der Waals surface area contributed by atoms with Crippen molar-refractivity contribution >= 4 is 0 Å². The van der Waals surface area contributed by atoms with Crippen LogP contribution in [0.25, 0.3) is 0 Å². The van der Waals surface area contributed by atoms with Crippen LogP contribution in [0.4, 0.5) is 0 Å². The maximum absolute atomic E-state index is 9.36. The minimum absolute atomic E-state index is 0.136. The number of benzene rings is 1. The smallest absolute Gasteiger partial charge is 0.121 e. The largest absolute Gasteiger partial charge is 0.491 e. The third kappa shape index (κ3) is 6.16. The molecule has 116 valence electrons. The maximum Gasteiger partial charge on any atom is 0.121 e. The molecule has 0 saturated heterocycles. The van der Waals surface area contributed by atoms with E-state index in [1.165, 1.54) is 0 Å². The Kier molecular flexibility index (Phi) is 7.81. The third-order valence-corrected chi connectivity index (χ3v) is 3.36. The van der Waals surface area contributed by atoms with Gasteiger partial charge in [0.1, 0.15) is 11.8 Å². The molecular weight excluding hydrogens is 262 g/mol. The van der Waals surface area contributed by atoms with Gasteiger partial charge in [0.05, 0.1) is 12.2 Å². The van der Waals surface area contributed by atoms with Gasteiger partial charge in [-0.05, 0) is 44.6 Å². The quantitative estimate of drug-likeness (QED) is 0.759. The predicted octanol–water partition coefficient (Wildman–Crippen LogP) is 2.97. The van der Waals surface area contributed by atoms with Crippen molar-refractivity contribution in [1.29, 1.82) is 5.26 Å². The summed E-state index contributed by atoms with van der Waals surface area (Å²) in [5.74, 6) is 0.813. The summed E-state index contributed by atoms with van der Waals surface area (Å²) in [5, 5.41) is 12.7. The van der Waals surface area contributed by atoms with Gasteiger partial charge in [0.25, 0.3) is 0 Å². The summed E-state index contributed by atoms with van der Waals surface area (Å²) in [4.78, 5) is 2.33. The fraction of sp³-hybridized carbons (Fsp3) is 0.588. The summed E-state index contributed by atoms with van der Waals surface area (Å²) in [5.41, 5.74) is 0.954. The molecule has 21 heavy (non-hydrogen) atoms. The Hall–Kier alpha value is -1.57. The van der Waals surface area contributed by atoms with E-state index in [9.17, 15) is 5.26 Å². The van der Waals surface area contributed by atoms with Gasteiger partial charge in [-0.3, -0.25) is 5.32 Å². The van der Waals surface area contributed by atoms with E-state index in [2.05, 4.69) is 30.1 Å². The molecule has 1 aromatic carbocycles. The first-order valence-corrected chi connectivity index (χ1v) is 7.72. The van der Waals surface area contributed by atoms with Crippen molar-refractivity contribution in [2.24, 2.45) is 0 Å². The SMILES string of the molecule is CCN(CC)CCNC(C#N)c1cccc(OC(C)C)c1. The van der Waals surface area contributed by atoms with Crippen molar-refractivity contribution < 1.29 is 4.74 Å². The van der Waals surface area contributed by atoms with Crippen LogP contribution in [0.3, 0.4) is 0 Å². The molecular formula is C17H27N3O. The Balaban J connectivity index is 2.61. The molecule has 0 radical (unpaired) electrons. The fourth-order valence-corrected chi connectivity index (χ4v) is 2.18. The normalized spacial score (nSPS) is 12.4. The molecule has 1 rings (SSSR count). The van der Waals surface area contributed by atoms with Gasteiger partial charge in [0.15, 0.2) is 0 Å². The first-order chi connectivity index (χ1) is 10.1. The highest BCUT2D eigenvalue weighted by atomic mass is 16.5. The van der Waals surface area contributed by atoms with E-state index in [-0.39, 0.29) is 12.1 Å². The van der Waals surface area contributed by atoms with Crippen LogP contribution in [0.1, 0.15) is 39.3 Å². The average Bonchev–Trinajstić information content (AvgIpc) is 2.47. The van der Waals surface area contributed by atoms with Gasteiger partial charge in [-0.2, -0.15) is 5.26 Å². The topological polar surface area (TPSA) is 48.3 Å². The summed E-state index contributed by atoms with van der Waals surface area (Å²) in [6.07, 6.45) is 0.136. The van der Waals surface area contributed by atoms with Crippen molar-refractivity contribution in [3.63, 3.8) is 0 Å². The van der Waals surface area contributed by atoms with Gasteiger partial charge in [0, 0.05) is 13.1 Å². The van der Waals surface area contributed by atoms with E-state index in [1.807, 2.05) is 38.1 Å². The lowest BCUT2D eigenvalue weighted by atomic mass is 10.1. The number of nitrogens with zero attached hydrogens (tertiary/aromatic N) is 2. The molecule has 0 aliphatic heterocycles. The van der Waals surface area contributed by atoms with Crippen LogP contribution >= 0.6 is 0 Å². The Morgan fingerprint density at radius 3 is 2.57 bits per heavy atom. The standard InChI is InChI=1S/C17H27N3O/c1-5-20(6-2)11-10-19-17(13-18)15-8-7-9-16(12-15)21-14(3)4/h7-9,12,14,17,19H,5-6,10-11H2,1-4H3. The molecule has 0 aliphatic rings. The first-order valence-electron chi connectivity index (χ1n) is 7.72. The minimum Gasteiger partial charge on any atom is -0.491 e. The zero-order valence-electron chi connectivity index (χ0n) is 13.6. The van der Waals surface area contributed by atoms with Gasteiger partial charge in [0.2, 0.25) is 0 Å². The minimum atomic E-state index is -0.295. The lowest BCUT2D eigenvalue weighted by Crippen LogP contribution is -2.33. The maximum atomic E-state index is 9.36. The number of hydrogen-bond acceptors (Lipinski definition) is 4. The predicted molar refractivity (Wildman–Crippen MR) is 86.4 cm³/mol. The van der Waals surface area contributed by atoms with Crippen molar-refractivity contribution in [2.45, 2.75) is 39.8 Å². The molecule has 1 atom stereocenters. The molecule has 4 heteroatoms. The lowest BCUT2D eigenvalue weighted by Gasteiger charge is -2.20. The monoisotopic (exact) mass is 289 g/mol. The first kappa shape index (κ1) is 17.5. The average molecular weight is 289 g/mol. The molecule has 0 fully saturated rings. The Morgan fingerprint density at radius 2 is 2.00 bits per heavy atom. The van der Waals surface area contributed by atoms with Gasteiger partial charge in [-0.15, -0.1) is 0 Å². The van der Waals surface area contributed by atoms with Crippen LogP contribution in [0.5, 0.6) is 5.75 Å². The van der Waals surface area contributed by atoms with E-state index < -0.39 is 0 Å². The highest BCUT2D eigenvalue weighted by Crippen LogP contribution is 2.19. The van der Waals surface area contributed by atoms with Gasteiger partial charge in [-0.1, -0.05) is 26.0 Å². The van der Waals surface area contributed by atoms with E-state index in [1.54, 1.807) is 0 Å². The van der Waals surface area contributed by atoms with Crippen LogP contribution in [-0.4, -0.2) is 37.2 Å². The number of hydrogen-bond donors (Lipinski definition) is 1. The third-order valence-electron chi connectivity index (χ3n) is 3.36. The second kappa shape index (κ2) is 9.38. The van der Waals surface area contributed by atoms with Crippen molar-refractivity contribution in [2.75, 3.05) is 26.2 Å². The van der Waals surface area contributed by atoms with Crippen molar-refractivity contribution in [3.05, 3.63) is 29.8 Å². The molecule has 0 aliphatic carbocycles. The molecule has 0 aromatic heterocycles. The van der Waals surface area contributed by atoms with Crippen molar-refractivity contribution in [1.82, 2.24) is 10.2 Å². The number of ether oxygens (including phenoxy) is 1. The van der Waals surface area contributed by atoms with E-state index in [4.69, 9.17) is 4.74 Å². The molecule has 1 aromatic rings. The molecule has 1 unspecified atom stereocenters. The van der Waals surface area contributed by atoms with E-state index in [0.717, 1.165) is 37.5 Å². The zero-order valence-corrected chi connectivity index (χ0v) is 13.6. The summed E-state index contributed by atoms with van der Waals surface area (Å²) >= 11 is 0. The number of nitrogens with one attached hydrogen (secondary N) is 1. The highest BCUT2D eigenvalue weighted by Gasteiger charge is 2.11. The van der Waals surface area contributed by atoms with Gasteiger partial charge < -0.3 is 9.64 Å². The van der Waals surface area contributed by atoms with Crippen LogP contribution in [-0.2, 0) is 0 Å². The number of nitriles is 1. The molecule has 4 nitrogen and oxygen atoms in total. The number of rotatable bonds is 9. The number of likely N-dealkylation sites (N-methyl/N-ethyl adjacent to an activating group) is 1. The van der Waals surface area contributed by atoms with Crippen molar-refractivity contribution in [3.8, 4) is 11.8 Å². The Labute approximate surface area is 128 Å². The Bertz CT molecular complexity index is 450. The summed E-state index contributed by atoms with van der Waals surface area (Å²) < 4.78 is 5.68. The fourth-order valence-electron chi connectivity index (χ4n) is 2.18. The van der Waals surface area contributed by atoms with E-state index >= 15 is 0 Å². The summed E-state index contributed by atoms with van der Waals surface area (Å²) in [6, 6.07) is 9.79. The van der Waals surface area contributed by atoms with Crippen LogP contribution < -0.4 is 10.1 Å². The second-order valence-corrected chi connectivity index (χ2v) is 5.28. The van der Waals surface area contributed by atoms with E-state index in [0.29, 0.717) is 0 Å². The van der Waals surface area contributed by atoms with Crippen LogP contribution in [0.2, 0.25) is 0 Å². The van der Waals surface area contributed by atoms with Gasteiger partial charge >= 0.3 is 0 Å². The molecule has 0 heterocycles. The molecule has 0 spiro atoms. The summed E-state index contributed by atoms with van der Waals surface area (Å²) in [7, 11) is 0. The Morgan fingerprint density at radius 1 is 1.29 bits per heavy atom. The molecule has 0 bridgehead atoms. The van der Waals surface area contributed by atoms with Gasteiger partial charge in [-0.25, -0.2) is 0 Å². The molecule has 0 amide bonds. The molecule has 0 saturated carbocycles. The van der Waals surface area contributed by atoms with Crippen LogP contribution in [0, 0.1) is 11.3 Å². The zero-order chi connectivity index (χ0) is 15.7. The van der Waals surface area contributed by atoms with Crippen LogP contribution in [0.15, 0.2) is 24.3 Å². The summed E-state index contributed by atoms with van der Waals surface area (Å²) in [6.45, 7) is 12.1. The highest BCUT2D eigenvalue weighted by molar-refractivity contribution is 5.33. The molecule has 1 N–H and O–H groups in total.